The van der Waals surface area contributed by atoms with Crippen molar-refractivity contribution in [2.24, 2.45) is 0 Å². The largest absolute Gasteiger partial charge is 0.455 e. The topological polar surface area (TPSA) is 97.4 Å². The van der Waals surface area contributed by atoms with Gasteiger partial charge in [-0.25, -0.2) is 8.42 Å². The highest BCUT2D eigenvalue weighted by atomic mass is 35.5. The number of carbonyl (C=O) groups excluding carboxylic acids is 1. The number of carbonyl (C=O) groups is 1. The van der Waals surface area contributed by atoms with Crippen molar-refractivity contribution in [3.8, 4) is 11.5 Å². The van der Waals surface area contributed by atoms with Crippen molar-refractivity contribution >= 4 is 62.1 Å². The lowest BCUT2D eigenvalue weighted by Crippen LogP contribution is -2.16. The number of halogens is 3. The molecule has 3 aromatic carbocycles. The summed E-state index contributed by atoms with van der Waals surface area (Å²) in [5.74, 6) is -0.0589. The number of rotatable bonds is 7. The van der Waals surface area contributed by atoms with Crippen LogP contribution in [0, 0.1) is 6.92 Å². The third kappa shape index (κ3) is 6.09. The summed E-state index contributed by atoms with van der Waals surface area (Å²) in [4.78, 5) is 17.0. The fraction of sp³-hybridized carbons (Fsp3) is 0.0400. The van der Waals surface area contributed by atoms with Gasteiger partial charge in [0.05, 0.1) is 21.8 Å². The fourth-order valence-corrected chi connectivity index (χ4v) is 5.25. The standard InChI is InChI=1S/C25H18Cl3N3O4S/c1-15-9-24(22(28)12-21(15)27)36(33,34)31-18-7-8-23(35-19-10-16(26)13-29-14-19)20(11-18)25(32)30-17-5-3-2-4-6-17/h2-14,31H,1H3,(H,30,32). The van der Waals surface area contributed by atoms with Gasteiger partial charge in [-0.3, -0.25) is 14.5 Å². The Balaban J connectivity index is 1.71. The number of hydrogen-bond donors (Lipinski definition) is 2. The van der Waals surface area contributed by atoms with Crippen LogP contribution in [0.3, 0.4) is 0 Å². The molecule has 0 atom stereocenters. The number of ether oxygens (including phenoxy) is 1. The van der Waals surface area contributed by atoms with Crippen molar-refractivity contribution in [3.63, 3.8) is 0 Å². The van der Waals surface area contributed by atoms with Crippen LogP contribution in [0.5, 0.6) is 11.5 Å². The van der Waals surface area contributed by atoms with E-state index < -0.39 is 15.9 Å². The van der Waals surface area contributed by atoms with Crippen LogP contribution in [0.15, 0.2) is 84.0 Å². The van der Waals surface area contributed by atoms with Crippen LogP contribution in [0.1, 0.15) is 15.9 Å². The van der Waals surface area contributed by atoms with Crippen LogP contribution in [-0.4, -0.2) is 19.3 Å². The van der Waals surface area contributed by atoms with E-state index in [1.807, 2.05) is 6.07 Å². The number of nitrogens with zero attached hydrogens (tertiary/aromatic N) is 1. The number of nitrogens with one attached hydrogen (secondary N) is 2. The molecule has 0 aliphatic heterocycles. The maximum atomic E-state index is 13.2. The zero-order valence-electron chi connectivity index (χ0n) is 18.6. The zero-order valence-corrected chi connectivity index (χ0v) is 21.7. The van der Waals surface area contributed by atoms with Gasteiger partial charge in [-0.1, -0.05) is 53.0 Å². The first-order valence-electron chi connectivity index (χ1n) is 10.4. The number of aryl methyl sites for hydroxylation is 1. The molecule has 0 bridgehead atoms. The molecule has 0 spiro atoms. The highest BCUT2D eigenvalue weighted by Crippen LogP contribution is 2.32. The Morgan fingerprint density at radius 2 is 1.64 bits per heavy atom. The lowest BCUT2D eigenvalue weighted by molar-refractivity contribution is 0.102. The summed E-state index contributed by atoms with van der Waals surface area (Å²) < 4.78 is 34.5. The minimum Gasteiger partial charge on any atom is -0.455 e. The van der Waals surface area contributed by atoms with Crippen molar-refractivity contribution in [2.45, 2.75) is 11.8 Å². The molecule has 0 saturated carbocycles. The number of amides is 1. The van der Waals surface area contributed by atoms with Crippen molar-refractivity contribution in [2.75, 3.05) is 10.0 Å². The van der Waals surface area contributed by atoms with Gasteiger partial charge >= 0.3 is 0 Å². The van der Waals surface area contributed by atoms with Crippen LogP contribution in [0.25, 0.3) is 0 Å². The van der Waals surface area contributed by atoms with Gasteiger partial charge in [0, 0.05) is 28.7 Å². The predicted octanol–water partition coefficient (Wildman–Crippen LogP) is 7.20. The molecule has 184 valence electrons. The molecule has 4 aromatic rings. The average Bonchev–Trinajstić information content (AvgIpc) is 2.82. The summed E-state index contributed by atoms with van der Waals surface area (Å²) >= 11 is 18.2. The Hall–Kier alpha value is -3.30. The van der Waals surface area contributed by atoms with Gasteiger partial charge < -0.3 is 10.1 Å². The lowest BCUT2D eigenvalue weighted by Gasteiger charge is -2.15. The zero-order chi connectivity index (χ0) is 25.9. The molecule has 0 fully saturated rings. The summed E-state index contributed by atoms with van der Waals surface area (Å²) in [7, 11) is -4.10. The van der Waals surface area contributed by atoms with Gasteiger partial charge in [0.2, 0.25) is 0 Å². The van der Waals surface area contributed by atoms with Crippen molar-refractivity contribution < 1.29 is 17.9 Å². The van der Waals surface area contributed by atoms with Crippen molar-refractivity contribution in [1.29, 1.82) is 0 Å². The quantitative estimate of drug-likeness (QED) is 0.248. The number of benzene rings is 3. The Morgan fingerprint density at radius 1 is 0.889 bits per heavy atom. The number of hydrogen-bond acceptors (Lipinski definition) is 5. The minimum atomic E-state index is -4.10. The third-order valence-electron chi connectivity index (χ3n) is 4.92. The van der Waals surface area contributed by atoms with Crippen molar-refractivity contribution in [1.82, 2.24) is 4.98 Å². The van der Waals surface area contributed by atoms with Gasteiger partial charge in [0.25, 0.3) is 15.9 Å². The minimum absolute atomic E-state index is 0.0337. The lowest BCUT2D eigenvalue weighted by atomic mass is 10.1. The molecule has 1 heterocycles. The highest BCUT2D eigenvalue weighted by molar-refractivity contribution is 7.92. The van der Waals surface area contributed by atoms with E-state index in [0.29, 0.717) is 27.0 Å². The molecule has 0 radical (unpaired) electrons. The van der Waals surface area contributed by atoms with Gasteiger partial charge in [0.15, 0.2) is 0 Å². The smallest absolute Gasteiger partial charge is 0.263 e. The summed E-state index contributed by atoms with van der Waals surface area (Å²) in [6.45, 7) is 1.67. The van der Waals surface area contributed by atoms with Crippen molar-refractivity contribution in [3.05, 3.63) is 105 Å². The first-order valence-corrected chi connectivity index (χ1v) is 13.0. The molecular formula is C25H18Cl3N3O4S. The van der Waals surface area contributed by atoms with E-state index in [4.69, 9.17) is 39.5 Å². The molecule has 36 heavy (non-hydrogen) atoms. The third-order valence-corrected chi connectivity index (χ3v) is 7.38. The fourth-order valence-electron chi connectivity index (χ4n) is 3.20. The first kappa shape index (κ1) is 25.8. The van der Waals surface area contributed by atoms with E-state index in [2.05, 4.69) is 15.0 Å². The van der Waals surface area contributed by atoms with E-state index in [1.165, 1.54) is 48.8 Å². The maximum absolute atomic E-state index is 13.2. The molecule has 2 N–H and O–H groups in total. The number of para-hydroxylation sites is 1. The molecule has 0 aliphatic rings. The molecular weight excluding hydrogens is 545 g/mol. The number of anilines is 2. The molecule has 1 amide bonds. The van der Waals surface area contributed by atoms with Gasteiger partial charge in [-0.2, -0.15) is 0 Å². The Bertz CT molecular complexity index is 1550. The normalized spacial score (nSPS) is 11.1. The average molecular weight is 563 g/mol. The van der Waals surface area contributed by atoms with E-state index in [1.54, 1.807) is 31.2 Å². The van der Waals surface area contributed by atoms with E-state index in [-0.39, 0.29) is 26.9 Å². The predicted molar refractivity (Wildman–Crippen MR) is 142 cm³/mol. The van der Waals surface area contributed by atoms with Crippen LogP contribution in [0.4, 0.5) is 11.4 Å². The Labute approximate surface area is 223 Å². The van der Waals surface area contributed by atoms with Gasteiger partial charge in [0.1, 0.15) is 16.4 Å². The number of aromatic nitrogens is 1. The van der Waals surface area contributed by atoms with E-state index >= 15 is 0 Å². The second-order valence-electron chi connectivity index (χ2n) is 7.61. The highest BCUT2D eigenvalue weighted by Gasteiger charge is 2.22. The summed E-state index contributed by atoms with van der Waals surface area (Å²) in [5.41, 5.74) is 1.28. The number of sulfonamides is 1. The van der Waals surface area contributed by atoms with Gasteiger partial charge in [-0.15, -0.1) is 0 Å². The molecule has 7 nitrogen and oxygen atoms in total. The Kier molecular flexibility index (Phi) is 7.70. The first-order chi connectivity index (χ1) is 17.1. The van der Waals surface area contributed by atoms with Crippen LogP contribution in [-0.2, 0) is 10.0 Å². The molecule has 0 saturated heterocycles. The summed E-state index contributed by atoms with van der Waals surface area (Å²) in [5, 5.41) is 3.43. The van der Waals surface area contributed by atoms with Crippen LogP contribution < -0.4 is 14.8 Å². The second-order valence-corrected chi connectivity index (χ2v) is 10.5. The van der Waals surface area contributed by atoms with Crippen LogP contribution in [0.2, 0.25) is 15.1 Å². The number of pyridine rings is 1. The molecule has 4 rings (SSSR count). The Morgan fingerprint density at radius 3 is 2.36 bits per heavy atom. The molecule has 0 unspecified atom stereocenters. The summed E-state index contributed by atoms with van der Waals surface area (Å²) in [6, 6.07) is 17.4. The maximum Gasteiger partial charge on any atom is 0.263 e. The summed E-state index contributed by atoms with van der Waals surface area (Å²) in [6.07, 6.45) is 2.88. The monoisotopic (exact) mass is 561 g/mol. The SMILES string of the molecule is Cc1cc(S(=O)(=O)Nc2ccc(Oc3cncc(Cl)c3)c(C(=O)Nc3ccccc3)c2)c(Cl)cc1Cl. The molecule has 1 aromatic heterocycles. The van der Waals surface area contributed by atoms with E-state index in [9.17, 15) is 13.2 Å². The van der Waals surface area contributed by atoms with E-state index in [0.717, 1.165) is 0 Å². The second kappa shape index (κ2) is 10.8. The molecule has 0 aliphatic carbocycles. The molecule has 11 heteroatoms. The van der Waals surface area contributed by atoms with Crippen LogP contribution >= 0.6 is 34.8 Å². The van der Waals surface area contributed by atoms with Gasteiger partial charge in [-0.05, 0) is 55.0 Å².